The van der Waals surface area contributed by atoms with E-state index in [-0.39, 0.29) is 0 Å². The molecule has 0 aromatic rings. The van der Waals surface area contributed by atoms with E-state index in [9.17, 15) is 0 Å². The van der Waals surface area contributed by atoms with Gasteiger partial charge in [-0.3, -0.25) is 4.90 Å². The third-order valence-corrected chi connectivity index (χ3v) is 4.54. The molecule has 2 heteroatoms. The van der Waals surface area contributed by atoms with Crippen molar-refractivity contribution in [3.05, 3.63) is 0 Å². The molecule has 0 amide bonds. The van der Waals surface area contributed by atoms with Crippen molar-refractivity contribution in [1.29, 1.82) is 0 Å². The molecule has 1 N–H and O–H groups in total. The second kappa shape index (κ2) is 6.19. The molecule has 1 heterocycles. The van der Waals surface area contributed by atoms with Gasteiger partial charge >= 0.3 is 0 Å². The van der Waals surface area contributed by atoms with E-state index >= 15 is 0 Å². The Morgan fingerprint density at radius 1 is 1.29 bits per heavy atom. The van der Waals surface area contributed by atoms with Crippen LogP contribution in [0.15, 0.2) is 0 Å². The summed E-state index contributed by atoms with van der Waals surface area (Å²) in [6.45, 7) is 16.4. The molecule has 1 aliphatic rings. The van der Waals surface area contributed by atoms with Crippen LogP contribution in [0.25, 0.3) is 0 Å². The lowest BCUT2D eigenvalue weighted by Crippen LogP contribution is -2.65. The molecule has 0 saturated carbocycles. The third-order valence-electron chi connectivity index (χ3n) is 4.54. The molecule has 3 unspecified atom stereocenters. The Morgan fingerprint density at radius 3 is 2.47 bits per heavy atom. The van der Waals surface area contributed by atoms with Gasteiger partial charge in [-0.1, -0.05) is 33.6 Å². The van der Waals surface area contributed by atoms with Gasteiger partial charge in [-0.15, -0.1) is 0 Å². The smallest absolute Gasteiger partial charge is 0.0281 e. The number of nitrogens with one attached hydrogen (secondary N) is 1. The van der Waals surface area contributed by atoms with Crippen LogP contribution in [0.5, 0.6) is 0 Å². The standard InChI is InChI=1S/C15H32N2/c1-7-9-13(4)17-10-14(12(3)8-2)16-11-15(17,5)6/h12-14,16H,7-11H2,1-6H3. The van der Waals surface area contributed by atoms with Crippen LogP contribution in [-0.4, -0.2) is 35.6 Å². The van der Waals surface area contributed by atoms with Crippen LogP contribution in [0.2, 0.25) is 0 Å². The molecule has 0 aliphatic carbocycles. The molecule has 1 aliphatic heterocycles. The molecule has 2 nitrogen and oxygen atoms in total. The Morgan fingerprint density at radius 2 is 1.94 bits per heavy atom. The Bertz CT molecular complexity index is 225. The van der Waals surface area contributed by atoms with E-state index < -0.39 is 0 Å². The molecule has 0 bridgehead atoms. The Hall–Kier alpha value is -0.0800. The lowest BCUT2D eigenvalue weighted by molar-refractivity contribution is 0.0169. The van der Waals surface area contributed by atoms with Crippen molar-refractivity contribution in [2.24, 2.45) is 5.92 Å². The number of nitrogens with zero attached hydrogens (tertiary/aromatic N) is 1. The van der Waals surface area contributed by atoms with Crippen LogP contribution in [0, 0.1) is 5.92 Å². The molecule has 0 aromatic heterocycles. The van der Waals surface area contributed by atoms with E-state index in [4.69, 9.17) is 0 Å². The highest BCUT2D eigenvalue weighted by atomic mass is 15.3. The van der Waals surface area contributed by atoms with Gasteiger partial charge in [0.15, 0.2) is 0 Å². The molecular formula is C15H32N2. The molecule has 1 fully saturated rings. The fourth-order valence-electron chi connectivity index (χ4n) is 3.02. The molecule has 3 atom stereocenters. The van der Waals surface area contributed by atoms with Gasteiger partial charge in [0.25, 0.3) is 0 Å². The summed E-state index contributed by atoms with van der Waals surface area (Å²) in [5.74, 6) is 0.780. The minimum absolute atomic E-state index is 0.304. The van der Waals surface area contributed by atoms with E-state index in [2.05, 4.69) is 51.8 Å². The minimum Gasteiger partial charge on any atom is -0.311 e. The average molecular weight is 240 g/mol. The zero-order chi connectivity index (χ0) is 13.1. The molecule has 17 heavy (non-hydrogen) atoms. The Labute approximate surface area is 108 Å². The third kappa shape index (κ3) is 3.69. The molecule has 0 spiro atoms. The van der Waals surface area contributed by atoms with Crippen molar-refractivity contribution < 1.29 is 0 Å². The molecular weight excluding hydrogens is 208 g/mol. The first-order valence-corrected chi connectivity index (χ1v) is 7.42. The average Bonchev–Trinajstić information content (AvgIpc) is 2.28. The van der Waals surface area contributed by atoms with Gasteiger partial charge in [-0.25, -0.2) is 0 Å². The molecule has 1 saturated heterocycles. The van der Waals surface area contributed by atoms with Gasteiger partial charge in [-0.05, 0) is 33.1 Å². The van der Waals surface area contributed by atoms with Crippen molar-refractivity contribution in [2.45, 2.75) is 78.4 Å². The zero-order valence-electron chi connectivity index (χ0n) is 12.7. The largest absolute Gasteiger partial charge is 0.311 e. The molecule has 0 aromatic carbocycles. The normalized spacial score (nSPS) is 28.9. The highest BCUT2D eigenvalue weighted by Crippen LogP contribution is 2.26. The first-order valence-electron chi connectivity index (χ1n) is 7.42. The zero-order valence-corrected chi connectivity index (χ0v) is 12.7. The van der Waals surface area contributed by atoms with Gasteiger partial charge in [0.05, 0.1) is 0 Å². The maximum absolute atomic E-state index is 3.75. The quantitative estimate of drug-likeness (QED) is 0.793. The second-order valence-electron chi connectivity index (χ2n) is 6.48. The minimum atomic E-state index is 0.304. The monoisotopic (exact) mass is 240 g/mol. The van der Waals surface area contributed by atoms with Crippen LogP contribution >= 0.6 is 0 Å². The lowest BCUT2D eigenvalue weighted by Gasteiger charge is -2.50. The van der Waals surface area contributed by atoms with Crippen molar-refractivity contribution >= 4 is 0 Å². The number of rotatable bonds is 5. The van der Waals surface area contributed by atoms with E-state index in [1.807, 2.05) is 0 Å². The highest BCUT2D eigenvalue weighted by Gasteiger charge is 2.37. The van der Waals surface area contributed by atoms with Crippen molar-refractivity contribution in [3.63, 3.8) is 0 Å². The fraction of sp³-hybridized carbons (Fsp3) is 1.00. The van der Waals surface area contributed by atoms with Crippen molar-refractivity contribution in [1.82, 2.24) is 10.2 Å². The summed E-state index contributed by atoms with van der Waals surface area (Å²) in [7, 11) is 0. The highest BCUT2D eigenvalue weighted by molar-refractivity contribution is 4.96. The summed E-state index contributed by atoms with van der Waals surface area (Å²) < 4.78 is 0. The van der Waals surface area contributed by atoms with Crippen molar-refractivity contribution in [2.75, 3.05) is 13.1 Å². The SMILES string of the molecule is CCCC(C)N1CC(C(C)CC)NCC1(C)C. The van der Waals surface area contributed by atoms with Crippen molar-refractivity contribution in [3.8, 4) is 0 Å². The van der Waals surface area contributed by atoms with E-state index in [0.29, 0.717) is 17.6 Å². The van der Waals surface area contributed by atoms with Gasteiger partial charge in [-0.2, -0.15) is 0 Å². The topological polar surface area (TPSA) is 15.3 Å². The van der Waals surface area contributed by atoms with E-state index in [1.54, 1.807) is 0 Å². The maximum atomic E-state index is 3.75. The summed E-state index contributed by atoms with van der Waals surface area (Å²) >= 11 is 0. The van der Waals surface area contributed by atoms with Gasteiger partial charge in [0.2, 0.25) is 0 Å². The van der Waals surface area contributed by atoms with E-state index in [1.165, 1.54) is 25.8 Å². The Balaban J connectivity index is 2.68. The molecule has 102 valence electrons. The predicted molar refractivity (Wildman–Crippen MR) is 76.4 cm³/mol. The van der Waals surface area contributed by atoms with Crippen LogP contribution < -0.4 is 5.32 Å². The Kier molecular flexibility index (Phi) is 5.46. The maximum Gasteiger partial charge on any atom is 0.0281 e. The number of hydrogen-bond donors (Lipinski definition) is 1. The summed E-state index contributed by atoms with van der Waals surface area (Å²) in [6, 6.07) is 1.39. The predicted octanol–water partition coefficient (Wildman–Crippen LogP) is 3.27. The second-order valence-corrected chi connectivity index (χ2v) is 6.48. The fourth-order valence-corrected chi connectivity index (χ4v) is 3.02. The van der Waals surface area contributed by atoms with Gasteiger partial charge in [0, 0.05) is 30.7 Å². The van der Waals surface area contributed by atoms with Gasteiger partial charge < -0.3 is 5.32 Å². The summed E-state index contributed by atoms with van der Waals surface area (Å²) in [6.07, 6.45) is 3.87. The summed E-state index contributed by atoms with van der Waals surface area (Å²) in [5.41, 5.74) is 0.304. The first kappa shape index (κ1) is 15.0. The molecule has 0 radical (unpaired) electrons. The van der Waals surface area contributed by atoms with Crippen LogP contribution in [-0.2, 0) is 0 Å². The van der Waals surface area contributed by atoms with E-state index in [0.717, 1.165) is 12.5 Å². The van der Waals surface area contributed by atoms with Crippen LogP contribution in [0.4, 0.5) is 0 Å². The van der Waals surface area contributed by atoms with Gasteiger partial charge in [0.1, 0.15) is 0 Å². The number of piperazine rings is 1. The summed E-state index contributed by atoms with van der Waals surface area (Å²) in [4.78, 5) is 2.73. The van der Waals surface area contributed by atoms with Crippen LogP contribution in [0.3, 0.4) is 0 Å². The summed E-state index contributed by atoms with van der Waals surface area (Å²) in [5, 5.41) is 3.75. The number of hydrogen-bond acceptors (Lipinski definition) is 2. The first-order chi connectivity index (χ1) is 7.92. The lowest BCUT2D eigenvalue weighted by atomic mass is 9.89. The molecule has 1 rings (SSSR count). The van der Waals surface area contributed by atoms with Crippen LogP contribution in [0.1, 0.15) is 60.8 Å².